The maximum absolute atomic E-state index is 4.57. The van der Waals surface area contributed by atoms with Crippen LogP contribution in [-0.2, 0) is 6.54 Å². The first-order valence-electron chi connectivity index (χ1n) is 9.18. The highest BCUT2D eigenvalue weighted by Gasteiger charge is 2.23. The van der Waals surface area contributed by atoms with E-state index >= 15 is 0 Å². The van der Waals surface area contributed by atoms with Crippen molar-refractivity contribution >= 4 is 24.8 Å². The molecule has 1 aliphatic rings. The molecule has 0 radical (unpaired) electrons. The van der Waals surface area contributed by atoms with Crippen LogP contribution < -0.4 is 5.32 Å². The van der Waals surface area contributed by atoms with Crippen molar-refractivity contribution in [3.8, 4) is 5.69 Å². The summed E-state index contributed by atoms with van der Waals surface area (Å²) in [5, 5.41) is 8.08. The number of benzene rings is 1. The molecule has 1 unspecified atom stereocenters. The van der Waals surface area contributed by atoms with E-state index in [0.29, 0.717) is 6.04 Å². The molecule has 7 heteroatoms. The van der Waals surface area contributed by atoms with Crippen LogP contribution in [0.3, 0.4) is 0 Å². The minimum absolute atomic E-state index is 0. The fourth-order valence-electron chi connectivity index (χ4n) is 3.70. The molecule has 4 rings (SSSR count). The van der Waals surface area contributed by atoms with Crippen molar-refractivity contribution in [3.63, 3.8) is 0 Å². The van der Waals surface area contributed by atoms with Crippen LogP contribution in [0, 0.1) is 13.8 Å². The average Bonchev–Trinajstić information content (AvgIpc) is 3.02. The smallest absolute Gasteiger partial charge is 0.0648 e. The summed E-state index contributed by atoms with van der Waals surface area (Å²) in [5.74, 6) is 0. The van der Waals surface area contributed by atoms with E-state index in [0.717, 1.165) is 43.3 Å². The van der Waals surface area contributed by atoms with Crippen LogP contribution in [0.1, 0.15) is 28.6 Å². The molecule has 0 bridgehead atoms. The standard InChI is InChI=1S/C21H25N5.2ClH/c1-16-12-17(2)26(24-16)20-7-5-18(6-8-20)15-25-11-10-23-14-21(25)19-4-3-9-22-13-19;;/h3-9,12-13,21,23H,10-11,14-15H2,1-2H3;2*1H. The molecule has 1 aliphatic heterocycles. The molecule has 0 spiro atoms. The van der Waals surface area contributed by atoms with Gasteiger partial charge in [0.1, 0.15) is 0 Å². The van der Waals surface area contributed by atoms with Crippen LogP contribution in [0.4, 0.5) is 0 Å². The zero-order valence-electron chi connectivity index (χ0n) is 16.2. The fraction of sp³-hybridized carbons (Fsp3) is 0.333. The van der Waals surface area contributed by atoms with Crippen LogP contribution in [-0.4, -0.2) is 39.3 Å². The van der Waals surface area contributed by atoms with Crippen LogP contribution in [0.5, 0.6) is 0 Å². The molecule has 28 heavy (non-hydrogen) atoms. The molecule has 0 aliphatic carbocycles. The highest BCUT2D eigenvalue weighted by atomic mass is 35.5. The van der Waals surface area contributed by atoms with Gasteiger partial charge in [-0.25, -0.2) is 4.68 Å². The first-order valence-corrected chi connectivity index (χ1v) is 9.18. The van der Waals surface area contributed by atoms with Crippen LogP contribution >= 0.6 is 24.8 Å². The second-order valence-corrected chi connectivity index (χ2v) is 6.98. The predicted octanol–water partition coefficient (Wildman–Crippen LogP) is 3.87. The van der Waals surface area contributed by atoms with Crippen molar-refractivity contribution in [2.75, 3.05) is 19.6 Å². The molecule has 3 aromatic rings. The molecule has 5 nitrogen and oxygen atoms in total. The first-order chi connectivity index (χ1) is 12.7. The van der Waals surface area contributed by atoms with Crippen molar-refractivity contribution in [1.29, 1.82) is 0 Å². The molecule has 3 heterocycles. The number of aryl methyl sites for hydroxylation is 2. The maximum atomic E-state index is 4.57. The third-order valence-corrected chi connectivity index (χ3v) is 5.00. The zero-order chi connectivity index (χ0) is 17.9. The second kappa shape index (κ2) is 10.0. The Balaban J connectivity index is 0.00000140. The zero-order valence-corrected chi connectivity index (χ0v) is 17.8. The lowest BCUT2D eigenvalue weighted by atomic mass is 10.0. The molecule has 1 saturated heterocycles. The number of hydrogen-bond donors (Lipinski definition) is 1. The van der Waals surface area contributed by atoms with E-state index in [2.05, 4.69) is 63.6 Å². The van der Waals surface area contributed by atoms with Gasteiger partial charge in [0, 0.05) is 50.3 Å². The van der Waals surface area contributed by atoms with Crippen molar-refractivity contribution in [3.05, 3.63) is 77.4 Å². The van der Waals surface area contributed by atoms with E-state index in [9.17, 15) is 0 Å². The second-order valence-electron chi connectivity index (χ2n) is 6.98. The average molecular weight is 420 g/mol. The number of piperazine rings is 1. The van der Waals surface area contributed by atoms with Gasteiger partial charge < -0.3 is 5.32 Å². The molecular formula is C21H27Cl2N5. The highest BCUT2D eigenvalue weighted by molar-refractivity contribution is 5.85. The minimum Gasteiger partial charge on any atom is -0.314 e. The van der Waals surface area contributed by atoms with Gasteiger partial charge in [0.05, 0.1) is 11.4 Å². The topological polar surface area (TPSA) is 46.0 Å². The summed E-state index contributed by atoms with van der Waals surface area (Å²) in [4.78, 5) is 6.83. The van der Waals surface area contributed by atoms with E-state index < -0.39 is 0 Å². The summed E-state index contributed by atoms with van der Waals surface area (Å²) in [6, 6.07) is 15.4. The van der Waals surface area contributed by atoms with E-state index in [4.69, 9.17) is 0 Å². The largest absolute Gasteiger partial charge is 0.314 e. The van der Waals surface area contributed by atoms with Crippen LogP contribution in [0.25, 0.3) is 5.69 Å². The Morgan fingerprint density at radius 1 is 1.11 bits per heavy atom. The van der Waals surface area contributed by atoms with Crippen molar-refractivity contribution in [2.45, 2.75) is 26.4 Å². The first kappa shape index (κ1) is 22.4. The van der Waals surface area contributed by atoms with Crippen molar-refractivity contribution < 1.29 is 0 Å². The lowest BCUT2D eigenvalue weighted by Gasteiger charge is -2.36. The Morgan fingerprint density at radius 3 is 2.54 bits per heavy atom. The van der Waals surface area contributed by atoms with Gasteiger partial charge in [0.15, 0.2) is 0 Å². The van der Waals surface area contributed by atoms with E-state index in [-0.39, 0.29) is 24.8 Å². The van der Waals surface area contributed by atoms with Crippen molar-refractivity contribution in [1.82, 2.24) is 25.0 Å². The number of rotatable bonds is 4. The van der Waals surface area contributed by atoms with E-state index in [1.54, 1.807) is 0 Å². The third-order valence-electron chi connectivity index (χ3n) is 5.00. The van der Waals surface area contributed by atoms with Gasteiger partial charge in [0.25, 0.3) is 0 Å². The predicted molar refractivity (Wildman–Crippen MR) is 118 cm³/mol. The minimum atomic E-state index is 0. The Labute approximate surface area is 179 Å². The molecule has 2 aromatic heterocycles. The number of halogens is 2. The summed E-state index contributed by atoms with van der Waals surface area (Å²) >= 11 is 0. The molecule has 1 fully saturated rings. The SMILES string of the molecule is Cc1cc(C)n(-c2ccc(CN3CCNCC3c3cccnc3)cc2)n1.Cl.Cl. The van der Waals surface area contributed by atoms with Gasteiger partial charge in [0.2, 0.25) is 0 Å². The van der Waals surface area contributed by atoms with Gasteiger partial charge in [-0.2, -0.15) is 5.10 Å². The number of pyridine rings is 1. The quantitative estimate of drug-likeness (QED) is 0.696. The molecular weight excluding hydrogens is 393 g/mol. The molecule has 150 valence electrons. The summed E-state index contributed by atoms with van der Waals surface area (Å²) in [6.45, 7) is 8.10. The Bertz CT molecular complexity index is 864. The summed E-state index contributed by atoms with van der Waals surface area (Å²) < 4.78 is 2.00. The van der Waals surface area contributed by atoms with Gasteiger partial charge in [-0.3, -0.25) is 9.88 Å². The fourth-order valence-corrected chi connectivity index (χ4v) is 3.70. The van der Waals surface area contributed by atoms with E-state index in [1.165, 1.54) is 11.1 Å². The van der Waals surface area contributed by atoms with Gasteiger partial charge in [-0.05, 0) is 49.2 Å². The lowest BCUT2D eigenvalue weighted by Crippen LogP contribution is -2.45. The molecule has 1 aromatic carbocycles. The number of nitrogens with zero attached hydrogens (tertiary/aromatic N) is 4. The van der Waals surface area contributed by atoms with Crippen LogP contribution in [0.2, 0.25) is 0 Å². The number of aromatic nitrogens is 3. The highest BCUT2D eigenvalue weighted by Crippen LogP contribution is 2.24. The van der Waals surface area contributed by atoms with Gasteiger partial charge in [-0.15, -0.1) is 24.8 Å². The lowest BCUT2D eigenvalue weighted by molar-refractivity contribution is 0.153. The van der Waals surface area contributed by atoms with Crippen molar-refractivity contribution in [2.24, 2.45) is 0 Å². The van der Waals surface area contributed by atoms with Crippen LogP contribution in [0.15, 0.2) is 54.9 Å². The normalized spacial score (nSPS) is 16.9. The monoisotopic (exact) mass is 419 g/mol. The molecule has 0 saturated carbocycles. The van der Waals surface area contributed by atoms with E-state index in [1.807, 2.05) is 30.1 Å². The third kappa shape index (κ3) is 4.92. The number of hydrogen-bond acceptors (Lipinski definition) is 4. The Hall–Kier alpha value is -1.92. The summed E-state index contributed by atoms with van der Waals surface area (Å²) in [7, 11) is 0. The maximum Gasteiger partial charge on any atom is 0.0648 e. The number of nitrogens with one attached hydrogen (secondary N) is 1. The Kier molecular flexibility index (Phi) is 8.01. The molecule has 1 N–H and O–H groups in total. The molecule has 0 amide bonds. The van der Waals surface area contributed by atoms with Gasteiger partial charge >= 0.3 is 0 Å². The summed E-state index contributed by atoms with van der Waals surface area (Å²) in [5.41, 5.74) is 5.93. The van der Waals surface area contributed by atoms with Gasteiger partial charge in [-0.1, -0.05) is 18.2 Å². The summed E-state index contributed by atoms with van der Waals surface area (Å²) in [6.07, 6.45) is 3.82. The Morgan fingerprint density at radius 2 is 1.89 bits per heavy atom. The molecule has 1 atom stereocenters.